The minimum atomic E-state index is -0.773. The SMILES string of the molecule is OCC1(C2(O)CCOC2)CCSC1. The van der Waals surface area contributed by atoms with E-state index in [1.165, 1.54) is 0 Å². The molecule has 0 aromatic carbocycles. The summed E-state index contributed by atoms with van der Waals surface area (Å²) < 4.78 is 5.23. The first-order valence-electron chi connectivity index (χ1n) is 4.71. The van der Waals surface area contributed by atoms with Gasteiger partial charge in [-0.25, -0.2) is 0 Å². The zero-order valence-electron chi connectivity index (χ0n) is 7.66. The average molecular weight is 204 g/mol. The first kappa shape index (κ1) is 9.77. The van der Waals surface area contributed by atoms with Crippen molar-refractivity contribution >= 4 is 11.8 Å². The summed E-state index contributed by atoms with van der Waals surface area (Å²) in [5.74, 6) is 1.91. The van der Waals surface area contributed by atoms with Gasteiger partial charge in [0.1, 0.15) is 0 Å². The van der Waals surface area contributed by atoms with Crippen molar-refractivity contribution in [1.82, 2.24) is 0 Å². The van der Waals surface area contributed by atoms with Crippen molar-refractivity contribution in [2.75, 3.05) is 31.3 Å². The van der Waals surface area contributed by atoms with Crippen LogP contribution in [0.15, 0.2) is 0 Å². The van der Waals surface area contributed by atoms with E-state index in [-0.39, 0.29) is 12.0 Å². The largest absolute Gasteiger partial charge is 0.396 e. The van der Waals surface area contributed by atoms with Crippen LogP contribution in [-0.2, 0) is 4.74 Å². The van der Waals surface area contributed by atoms with Gasteiger partial charge in [-0.3, -0.25) is 0 Å². The van der Waals surface area contributed by atoms with Crippen LogP contribution in [0.3, 0.4) is 0 Å². The maximum atomic E-state index is 10.3. The lowest BCUT2D eigenvalue weighted by atomic mass is 9.71. The lowest BCUT2D eigenvalue weighted by molar-refractivity contribution is -0.0965. The quantitative estimate of drug-likeness (QED) is 0.677. The van der Waals surface area contributed by atoms with Crippen LogP contribution in [0.1, 0.15) is 12.8 Å². The van der Waals surface area contributed by atoms with Gasteiger partial charge in [-0.2, -0.15) is 11.8 Å². The van der Waals surface area contributed by atoms with Crippen molar-refractivity contribution in [3.8, 4) is 0 Å². The number of aliphatic hydroxyl groups excluding tert-OH is 1. The van der Waals surface area contributed by atoms with Crippen LogP contribution in [0.4, 0.5) is 0 Å². The van der Waals surface area contributed by atoms with Gasteiger partial charge in [0, 0.05) is 24.2 Å². The molecule has 0 spiro atoms. The maximum Gasteiger partial charge on any atom is 0.0987 e. The van der Waals surface area contributed by atoms with Gasteiger partial charge in [-0.15, -0.1) is 0 Å². The summed E-state index contributed by atoms with van der Waals surface area (Å²) in [5.41, 5.74) is -1.07. The van der Waals surface area contributed by atoms with E-state index in [1.807, 2.05) is 11.8 Å². The third-order valence-electron chi connectivity index (χ3n) is 3.39. The summed E-state index contributed by atoms with van der Waals surface area (Å²) in [7, 11) is 0. The molecule has 2 aliphatic rings. The molecule has 2 aliphatic heterocycles. The van der Waals surface area contributed by atoms with E-state index in [0.717, 1.165) is 17.9 Å². The zero-order valence-corrected chi connectivity index (χ0v) is 8.48. The minimum Gasteiger partial charge on any atom is -0.396 e. The molecule has 2 unspecified atom stereocenters. The Hall–Kier alpha value is 0.230. The Morgan fingerprint density at radius 2 is 2.23 bits per heavy atom. The van der Waals surface area contributed by atoms with E-state index >= 15 is 0 Å². The molecule has 0 amide bonds. The molecule has 2 heterocycles. The monoisotopic (exact) mass is 204 g/mol. The summed E-state index contributed by atoms with van der Waals surface area (Å²) in [6.07, 6.45) is 1.59. The number of hydrogen-bond donors (Lipinski definition) is 2. The van der Waals surface area contributed by atoms with Crippen molar-refractivity contribution in [2.24, 2.45) is 5.41 Å². The molecule has 2 rings (SSSR count). The summed E-state index contributed by atoms with van der Waals surface area (Å²) in [6, 6.07) is 0. The highest BCUT2D eigenvalue weighted by molar-refractivity contribution is 7.99. The highest BCUT2D eigenvalue weighted by Crippen LogP contribution is 2.47. The third-order valence-corrected chi connectivity index (χ3v) is 4.64. The predicted molar refractivity (Wildman–Crippen MR) is 51.8 cm³/mol. The van der Waals surface area contributed by atoms with Gasteiger partial charge in [0.2, 0.25) is 0 Å². The van der Waals surface area contributed by atoms with Gasteiger partial charge in [-0.1, -0.05) is 0 Å². The number of hydrogen-bond acceptors (Lipinski definition) is 4. The second kappa shape index (κ2) is 3.42. The van der Waals surface area contributed by atoms with E-state index < -0.39 is 5.60 Å². The Morgan fingerprint density at radius 1 is 1.38 bits per heavy atom. The van der Waals surface area contributed by atoms with E-state index in [9.17, 15) is 10.2 Å². The number of rotatable bonds is 2. The Labute approximate surface area is 82.5 Å². The predicted octanol–water partition coefficient (Wildman–Crippen LogP) is 0.253. The first-order valence-corrected chi connectivity index (χ1v) is 5.87. The second-order valence-electron chi connectivity index (χ2n) is 4.08. The molecule has 0 saturated carbocycles. The van der Waals surface area contributed by atoms with Crippen LogP contribution in [0, 0.1) is 5.41 Å². The number of aliphatic hydroxyl groups is 2. The molecule has 3 nitrogen and oxygen atoms in total. The van der Waals surface area contributed by atoms with Crippen LogP contribution in [-0.4, -0.2) is 47.1 Å². The van der Waals surface area contributed by atoms with E-state index in [1.54, 1.807) is 0 Å². The van der Waals surface area contributed by atoms with Crippen LogP contribution >= 0.6 is 11.8 Å². The fraction of sp³-hybridized carbons (Fsp3) is 1.00. The lowest BCUT2D eigenvalue weighted by Gasteiger charge is -2.39. The Bertz CT molecular complexity index is 183. The fourth-order valence-corrected chi connectivity index (χ4v) is 3.79. The van der Waals surface area contributed by atoms with E-state index in [4.69, 9.17) is 4.74 Å². The van der Waals surface area contributed by atoms with Crippen molar-refractivity contribution in [3.63, 3.8) is 0 Å². The molecular formula is C9H16O3S. The number of thioether (sulfide) groups is 1. The highest BCUT2D eigenvalue weighted by Gasteiger charge is 2.53. The van der Waals surface area contributed by atoms with Crippen LogP contribution in [0.5, 0.6) is 0 Å². The normalized spacial score (nSPS) is 45.7. The summed E-state index contributed by atoms with van der Waals surface area (Å²) >= 11 is 1.82. The minimum absolute atomic E-state index is 0.0832. The van der Waals surface area contributed by atoms with Gasteiger partial charge in [-0.05, 0) is 12.2 Å². The van der Waals surface area contributed by atoms with Gasteiger partial charge >= 0.3 is 0 Å². The summed E-state index contributed by atoms with van der Waals surface area (Å²) in [4.78, 5) is 0. The molecule has 0 bridgehead atoms. The van der Waals surface area contributed by atoms with Gasteiger partial charge < -0.3 is 14.9 Å². The van der Waals surface area contributed by atoms with Crippen LogP contribution < -0.4 is 0 Å². The number of ether oxygens (including phenoxy) is 1. The van der Waals surface area contributed by atoms with E-state index in [0.29, 0.717) is 19.6 Å². The van der Waals surface area contributed by atoms with Gasteiger partial charge in [0.05, 0.1) is 18.8 Å². The second-order valence-corrected chi connectivity index (χ2v) is 5.18. The molecule has 76 valence electrons. The summed E-state index contributed by atoms with van der Waals surface area (Å²) in [5, 5.41) is 19.8. The molecule has 0 radical (unpaired) electrons. The lowest BCUT2D eigenvalue weighted by Crippen LogP contribution is -2.51. The average Bonchev–Trinajstić information content (AvgIpc) is 2.73. The molecule has 2 atom stereocenters. The van der Waals surface area contributed by atoms with Crippen molar-refractivity contribution in [3.05, 3.63) is 0 Å². The zero-order chi connectivity index (χ0) is 9.36. The fourth-order valence-electron chi connectivity index (χ4n) is 2.22. The molecule has 2 fully saturated rings. The summed E-state index contributed by atoms with van der Waals surface area (Å²) in [6.45, 7) is 1.11. The standard InChI is InChI=1S/C9H16O3S/c10-5-8(2-4-13-7-8)9(11)1-3-12-6-9/h10-11H,1-7H2. The van der Waals surface area contributed by atoms with Crippen LogP contribution in [0.2, 0.25) is 0 Å². The van der Waals surface area contributed by atoms with Crippen molar-refractivity contribution in [2.45, 2.75) is 18.4 Å². The van der Waals surface area contributed by atoms with Gasteiger partial charge in [0.25, 0.3) is 0 Å². The Kier molecular flexibility index (Phi) is 2.57. The van der Waals surface area contributed by atoms with Crippen LogP contribution in [0.25, 0.3) is 0 Å². The maximum absolute atomic E-state index is 10.3. The molecule has 0 aromatic heterocycles. The van der Waals surface area contributed by atoms with Gasteiger partial charge in [0.15, 0.2) is 0 Å². The first-order chi connectivity index (χ1) is 6.22. The van der Waals surface area contributed by atoms with E-state index in [2.05, 4.69) is 0 Å². The Balaban J connectivity index is 2.18. The smallest absolute Gasteiger partial charge is 0.0987 e. The topological polar surface area (TPSA) is 49.7 Å². The Morgan fingerprint density at radius 3 is 2.69 bits per heavy atom. The molecule has 0 aromatic rings. The van der Waals surface area contributed by atoms with Crippen molar-refractivity contribution < 1.29 is 14.9 Å². The molecule has 13 heavy (non-hydrogen) atoms. The van der Waals surface area contributed by atoms with Crippen molar-refractivity contribution in [1.29, 1.82) is 0 Å². The molecule has 0 aliphatic carbocycles. The molecular weight excluding hydrogens is 188 g/mol. The molecule has 2 saturated heterocycles. The molecule has 2 N–H and O–H groups in total. The third kappa shape index (κ3) is 1.40. The molecule has 4 heteroatoms. The highest BCUT2D eigenvalue weighted by atomic mass is 32.2.